The average Bonchev–Trinajstić information content (AvgIpc) is 2.91. The second kappa shape index (κ2) is 6.58. The van der Waals surface area contributed by atoms with Gasteiger partial charge in [0.2, 0.25) is 0 Å². The maximum atomic E-state index is 4.75. The monoisotopic (exact) mass is 286 g/mol. The molecule has 0 amide bonds. The van der Waals surface area contributed by atoms with Crippen molar-refractivity contribution in [2.75, 3.05) is 26.7 Å². The number of pyridine rings is 1. The predicted octanol–water partition coefficient (Wildman–Crippen LogP) is 2.46. The number of fused-ring (bicyclic) bond motifs is 1. The van der Waals surface area contributed by atoms with Gasteiger partial charge in [-0.25, -0.2) is 4.98 Å². The van der Waals surface area contributed by atoms with Crippen LogP contribution in [0, 0.1) is 12.8 Å². The molecule has 0 bridgehead atoms. The molecule has 1 N–H and O–H groups in total. The molecular weight excluding hydrogens is 260 g/mol. The molecule has 0 saturated carbocycles. The van der Waals surface area contributed by atoms with Crippen LogP contribution in [0.5, 0.6) is 0 Å². The number of rotatable bonds is 5. The summed E-state index contributed by atoms with van der Waals surface area (Å²) < 4.78 is 2.19. The maximum Gasteiger partial charge on any atom is 0.137 e. The second-order valence-corrected chi connectivity index (χ2v) is 6.24. The van der Waals surface area contributed by atoms with Gasteiger partial charge < -0.3 is 9.72 Å². The number of hydrogen-bond donors (Lipinski definition) is 1. The number of nitrogens with one attached hydrogen (secondary N) is 1. The fourth-order valence-corrected chi connectivity index (χ4v) is 3.29. The van der Waals surface area contributed by atoms with Gasteiger partial charge in [0.25, 0.3) is 0 Å². The summed E-state index contributed by atoms with van der Waals surface area (Å²) in [6, 6.07) is 6.29. The minimum atomic E-state index is 0.900. The topological polar surface area (TPSA) is 32.6 Å². The highest BCUT2D eigenvalue weighted by atomic mass is 15.1. The van der Waals surface area contributed by atoms with Gasteiger partial charge in [-0.3, -0.25) is 4.90 Å². The van der Waals surface area contributed by atoms with E-state index < -0.39 is 0 Å². The Balaban J connectivity index is 1.58. The summed E-state index contributed by atoms with van der Waals surface area (Å²) >= 11 is 0. The SMILES string of the molecule is CNCCC1CCN(Cc2cn3c(C)cccc3n2)CC1. The van der Waals surface area contributed by atoms with Gasteiger partial charge in [0, 0.05) is 18.4 Å². The molecular formula is C17H26N4. The molecule has 0 aliphatic carbocycles. The highest BCUT2D eigenvalue weighted by Crippen LogP contribution is 2.21. The molecule has 0 spiro atoms. The van der Waals surface area contributed by atoms with E-state index in [1.54, 1.807) is 0 Å². The highest BCUT2D eigenvalue weighted by molar-refractivity contribution is 5.41. The lowest BCUT2D eigenvalue weighted by atomic mass is 9.93. The largest absolute Gasteiger partial charge is 0.320 e. The Bertz CT molecular complexity index is 581. The molecule has 0 radical (unpaired) electrons. The zero-order valence-corrected chi connectivity index (χ0v) is 13.2. The van der Waals surface area contributed by atoms with Crippen molar-refractivity contribution in [3.05, 3.63) is 35.8 Å². The van der Waals surface area contributed by atoms with Gasteiger partial charge in [-0.05, 0) is 70.9 Å². The lowest BCUT2D eigenvalue weighted by Gasteiger charge is -2.31. The average molecular weight is 286 g/mol. The molecule has 21 heavy (non-hydrogen) atoms. The summed E-state index contributed by atoms with van der Waals surface area (Å²) in [5, 5.41) is 3.26. The molecule has 0 atom stereocenters. The zero-order valence-electron chi connectivity index (χ0n) is 13.2. The van der Waals surface area contributed by atoms with Crippen LogP contribution < -0.4 is 5.32 Å². The molecule has 114 valence electrons. The van der Waals surface area contributed by atoms with Crippen molar-refractivity contribution in [3.63, 3.8) is 0 Å². The Kier molecular flexibility index (Phi) is 4.56. The number of imidazole rings is 1. The van der Waals surface area contributed by atoms with Crippen molar-refractivity contribution in [1.82, 2.24) is 19.6 Å². The minimum absolute atomic E-state index is 0.900. The van der Waals surface area contributed by atoms with Crippen LogP contribution in [-0.2, 0) is 6.54 Å². The third-order valence-corrected chi connectivity index (χ3v) is 4.64. The minimum Gasteiger partial charge on any atom is -0.320 e. The fraction of sp³-hybridized carbons (Fsp3) is 0.588. The second-order valence-electron chi connectivity index (χ2n) is 6.24. The van der Waals surface area contributed by atoms with Gasteiger partial charge in [0.15, 0.2) is 0 Å². The van der Waals surface area contributed by atoms with Crippen molar-refractivity contribution in [2.45, 2.75) is 32.7 Å². The standard InChI is InChI=1S/C17H26N4/c1-14-4-3-5-17-19-16(13-21(14)17)12-20-10-7-15(8-11-20)6-9-18-2/h3-5,13,15,18H,6-12H2,1-2H3. The number of piperidine rings is 1. The van der Waals surface area contributed by atoms with Gasteiger partial charge in [0.05, 0.1) is 5.69 Å². The van der Waals surface area contributed by atoms with E-state index in [0.29, 0.717) is 0 Å². The lowest BCUT2D eigenvalue weighted by molar-refractivity contribution is 0.171. The first kappa shape index (κ1) is 14.5. The quantitative estimate of drug-likeness (QED) is 0.916. The van der Waals surface area contributed by atoms with Crippen LogP contribution in [0.1, 0.15) is 30.7 Å². The van der Waals surface area contributed by atoms with E-state index in [0.717, 1.165) is 24.7 Å². The smallest absolute Gasteiger partial charge is 0.137 e. The van der Waals surface area contributed by atoms with Crippen LogP contribution >= 0.6 is 0 Å². The van der Waals surface area contributed by atoms with Crippen molar-refractivity contribution in [3.8, 4) is 0 Å². The first-order valence-corrected chi connectivity index (χ1v) is 8.07. The normalized spacial score (nSPS) is 17.6. The summed E-state index contributed by atoms with van der Waals surface area (Å²) in [5.41, 5.74) is 3.50. The van der Waals surface area contributed by atoms with Crippen molar-refractivity contribution >= 4 is 5.65 Å². The number of likely N-dealkylation sites (tertiary alicyclic amines) is 1. The lowest BCUT2D eigenvalue weighted by Crippen LogP contribution is -2.34. The molecule has 3 rings (SSSR count). The molecule has 4 heteroatoms. The molecule has 1 saturated heterocycles. The summed E-state index contributed by atoms with van der Waals surface area (Å²) in [6.45, 7) is 6.68. The molecule has 1 fully saturated rings. The van der Waals surface area contributed by atoms with Crippen LogP contribution in [-0.4, -0.2) is 41.0 Å². The number of aromatic nitrogens is 2. The number of aryl methyl sites for hydroxylation is 1. The van der Waals surface area contributed by atoms with Crippen LogP contribution in [0.4, 0.5) is 0 Å². The van der Waals surface area contributed by atoms with E-state index in [4.69, 9.17) is 4.98 Å². The van der Waals surface area contributed by atoms with E-state index >= 15 is 0 Å². The maximum absolute atomic E-state index is 4.75. The van der Waals surface area contributed by atoms with E-state index in [-0.39, 0.29) is 0 Å². The molecule has 4 nitrogen and oxygen atoms in total. The number of nitrogens with zero attached hydrogens (tertiary/aromatic N) is 3. The summed E-state index contributed by atoms with van der Waals surface area (Å²) in [5.74, 6) is 0.900. The Labute approximate surface area is 127 Å². The molecule has 2 aromatic heterocycles. The Morgan fingerprint density at radius 3 is 2.81 bits per heavy atom. The molecule has 1 aliphatic heterocycles. The van der Waals surface area contributed by atoms with Gasteiger partial charge >= 0.3 is 0 Å². The highest BCUT2D eigenvalue weighted by Gasteiger charge is 2.19. The molecule has 2 aromatic rings. The van der Waals surface area contributed by atoms with Crippen LogP contribution in [0.15, 0.2) is 24.4 Å². The zero-order chi connectivity index (χ0) is 14.7. The third-order valence-electron chi connectivity index (χ3n) is 4.64. The van der Waals surface area contributed by atoms with Crippen LogP contribution in [0.3, 0.4) is 0 Å². The van der Waals surface area contributed by atoms with E-state index in [9.17, 15) is 0 Å². The summed E-state index contributed by atoms with van der Waals surface area (Å²) in [7, 11) is 2.04. The van der Waals surface area contributed by atoms with Gasteiger partial charge in [-0.1, -0.05) is 6.07 Å². The van der Waals surface area contributed by atoms with Gasteiger partial charge in [-0.15, -0.1) is 0 Å². The molecule has 0 aromatic carbocycles. The Morgan fingerprint density at radius 2 is 2.10 bits per heavy atom. The van der Waals surface area contributed by atoms with Crippen LogP contribution in [0.2, 0.25) is 0 Å². The first-order chi connectivity index (χ1) is 10.3. The summed E-state index contributed by atoms with van der Waals surface area (Å²) in [4.78, 5) is 7.30. The summed E-state index contributed by atoms with van der Waals surface area (Å²) in [6.07, 6.45) is 6.16. The van der Waals surface area contributed by atoms with Crippen molar-refractivity contribution in [1.29, 1.82) is 0 Å². The Hall–Kier alpha value is -1.39. The molecule has 0 unspecified atom stereocenters. The fourth-order valence-electron chi connectivity index (χ4n) is 3.29. The van der Waals surface area contributed by atoms with E-state index in [1.165, 1.54) is 43.7 Å². The van der Waals surface area contributed by atoms with Gasteiger partial charge in [-0.2, -0.15) is 0 Å². The van der Waals surface area contributed by atoms with E-state index in [2.05, 4.69) is 45.9 Å². The van der Waals surface area contributed by atoms with Gasteiger partial charge in [0.1, 0.15) is 5.65 Å². The molecule has 3 heterocycles. The van der Waals surface area contributed by atoms with Crippen molar-refractivity contribution < 1.29 is 0 Å². The predicted molar refractivity (Wildman–Crippen MR) is 86.5 cm³/mol. The van der Waals surface area contributed by atoms with E-state index in [1.807, 2.05) is 7.05 Å². The third kappa shape index (κ3) is 3.44. The first-order valence-electron chi connectivity index (χ1n) is 8.07. The molecule has 1 aliphatic rings. The van der Waals surface area contributed by atoms with Crippen LogP contribution in [0.25, 0.3) is 5.65 Å². The Morgan fingerprint density at radius 1 is 1.29 bits per heavy atom. The van der Waals surface area contributed by atoms with Crippen molar-refractivity contribution in [2.24, 2.45) is 5.92 Å². The number of hydrogen-bond acceptors (Lipinski definition) is 3.